The average molecular weight is 696 g/mol. The lowest BCUT2D eigenvalue weighted by Crippen LogP contribution is -2.45. The molecule has 6 rings (SSSR count). The van der Waals surface area contributed by atoms with Gasteiger partial charge in [0, 0.05) is 37.5 Å². The number of aromatic nitrogens is 6. The standard InChI is InChI=1S/C36H41N9O4S/c1-23-10-8-11-24(2)33(23)30-15-32-41-35(40-30)42-50(47,48)29-13-9-12-25(14-29)34(46)45(27(22-49-32)16-36(3,4)5)20-26-17-37-19-31(39-26)44(7)28-18-38-43(6)21-28/h8-15,17-19,21,27H,16,20,22H2,1-7H3,(H,40,41,42)/t27-/m1/s1. The number of fused-ring (bicyclic) bond motifs is 4. The summed E-state index contributed by atoms with van der Waals surface area (Å²) < 4.78 is 38.1. The number of nitrogens with zero attached hydrogens (tertiary/aromatic N) is 8. The Hall–Kier alpha value is -5.37. The molecule has 14 heteroatoms. The molecule has 0 saturated heterocycles. The van der Waals surface area contributed by atoms with Gasteiger partial charge in [-0.3, -0.25) is 14.5 Å². The van der Waals surface area contributed by atoms with E-state index in [1.807, 2.05) is 57.2 Å². The summed E-state index contributed by atoms with van der Waals surface area (Å²) in [5.74, 6) is 0.239. The minimum atomic E-state index is -4.20. The third-order valence-electron chi connectivity index (χ3n) is 8.46. The van der Waals surface area contributed by atoms with Crippen molar-refractivity contribution in [2.24, 2.45) is 12.5 Å². The highest BCUT2D eigenvalue weighted by atomic mass is 32.2. The number of anilines is 3. The molecule has 0 spiro atoms. The minimum Gasteiger partial charge on any atom is -0.475 e. The Morgan fingerprint density at radius 2 is 1.74 bits per heavy atom. The van der Waals surface area contributed by atoms with Crippen LogP contribution in [0.2, 0.25) is 0 Å². The van der Waals surface area contributed by atoms with Crippen LogP contribution in [-0.4, -0.2) is 68.6 Å². The number of hydrogen-bond donors (Lipinski definition) is 1. The lowest BCUT2D eigenvalue weighted by molar-refractivity contribution is 0.0509. The summed E-state index contributed by atoms with van der Waals surface area (Å²) in [6.07, 6.45) is 7.43. The van der Waals surface area contributed by atoms with Crippen molar-refractivity contribution in [3.05, 3.63) is 95.7 Å². The molecule has 1 atom stereocenters. The number of nitrogens with one attached hydrogen (secondary N) is 1. The van der Waals surface area contributed by atoms with Gasteiger partial charge in [0.15, 0.2) is 5.82 Å². The van der Waals surface area contributed by atoms with Gasteiger partial charge in [-0.1, -0.05) is 45.0 Å². The van der Waals surface area contributed by atoms with E-state index in [1.165, 1.54) is 12.1 Å². The molecule has 1 aliphatic rings. The van der Waals surface area contributed by atoms with Crippen molar-refractivity contribution in [3.8, 4) is 17.1 Å². The van der Waals surface area contributed by atoms with E-state index in [0.29, 0.717) is 23.6 Å². The first-order valence-electron chi connectivity index (χ1n) is 16.2. The molecule has 0 aliphatic carbocycles. The zero-order valence-electron chi connectivity index (χ0n) is 29.2. The first-order chi connectivity index (χ1) is 23.7. The highest BCUT2D eigenvalue weighted by Gasteiger charge is 2.32. The van der Waals surface area contributed by atoms with E-state index in [9.17, 15) is 13.2 Å². The number of carbonyl (C=O) groups excluding carboxylic acids is 1. The van der Waals surface area contributed by atoms with E-state index >= 15 is 0 Å². The van der Waals surface area contributed by atoms with Crippen LogP contribution < -0.4 is 14.4 Å². The Bertz CT molecular complexity index is 2140. The Morgan fingerprint density at radius 1 is 1.00 bits per heavy atom. The fourth-order valence-electron chi connectivity index (χ4n) is 6.07. The molecule has 0 radical (unpaired) electrons. The lowest BCUT2D eigenvalue weighted by atomic mass is 9.87. The first kappa shape index (κ1) is 34.5. The molecular formula is C36H41N9O4S. The molecular weight excluding hydrogens is 655 g/mol. The van der Waals surface area contributed by atoms with Gasteiger partial charge >= 0.3 is 0 Å². The number of benzene rings is 2. The van der Waals surface area contributed by atoms with Crippen molar-refractivity contribution in [3.63, 3.8) is 0 Å². The van der Waals surface area contributed by atoms with Gasteiger partial charge in [-0.2, -0.15) is 10.1 Å². The predicted molar refractivity (Wildman–Crippen MR) is 191 cm³/mol. The Morgan fingerprint density at radius 3 is 2.44 bits per heavy atom. The molecule has 0 saturated carbocycles. The van der Waals surface area contributed by atoms with E-state index in [0.717, 1.165) is 22.4 Å². The fourth-order valence-corrected chi connectivity index (χ4v) is 7.06. The van der Waals surface area contributed by atoms with Gasteiger partial charge < -0.3 is 14.5 Å². The normalized spacial score (nSPS) is 16.0. The third kappa shape index (κ3) is 7.59. The Labute approximate surface area is 292 Å². The van der Waals surface area contributed by atoms with E-state index in [-0.39, 0.29) is 46.8 Å². The van der Waals surface area contributed by atoms with E-state index < -0.39 is 16.1 Å². The summed E-state index contributed by atoms with van der Waals surface area (Å²) in [7, 11) is -0.489. The summed E-state index contributed by atoms with van der Waals surface area (Å²) in [6.45, 7) is 10.4. The molecule has 1 amide bonds. The Kier molecular flexibility index (Phi) is 9.31. The van der Waals surface area contributed by atoms with Crippen LogP contribution in [0.4, 0.5) is 17.5 Å². The largest absolute Gasteiger partial charge is 0.475 e. The summed E-state index contributed by atoms with van der Waals surface area (Å²) in [5, 5.41) is 4.26. The molecule has 1 aliphatic heterocycles. The minimum absolute atomic E-state index is 0.0702. The molecule has 0 unspecified atom stereocenters. The number of hydrogen-bond acceptors (Lipinski definition) is 10. The third-order valence-corrected chi connectivity index (χ3v) is 9.78. The summed E-state index contributed by atoms with van der Waals surface area (Å²) >= 11 is 0. The van der Waals surface area contributed by atoms with Crippen molar-refractivity contribution in [1.29, 1.82) is 0 Å². The summed E-state index contributed by atoms with van der Waals surface area (Å²) in [6, 6.07) is 13.1. The van der Waals surface area contributed by atoms with E-state index in [2.05, 4.69) is 45.5 Å². The molecule has 1 N–H and O–H groups in total. The highest BCUT2D eigenvalue weighted by molar-refractivity contribution is 7.92. The number of sulfonamides is 1. The number of rotatable bonds is 6. The van der Waals surface area contributed by atoms with Gasteiger partial charge in [-0.15, -0.1) is 0 Å². The first-order valence-corrected chi connectivity index (χ1v) is 17.7. The molecule has 13 nitrogen and oxygen atoms in total. The predicted octanol–water partition coefficient (Wildman–Crippen LogP) is 5.69. The van der Waals surface area contributed by atoms with Crippen LogP contribution >= 0.6 is 0 Å². The maximum Gasteiger partial charge on any atom is 0.264 e. The van der Waals surface area contributed by atoms with Crippen LogP contribution in [0, 0.1) is 19.3 Å². The monoisotopic (exact) mass is 695 g/mol. The van der Waals surface area contributed by atoms with Gasteiger partial charge in [-0.05, 0) is 55.0 Å². The van der Waals surface area contributed by atoms with Crippen molar-refractivity contribution in [2.75, 3.05) is 23.3 Å². The lowest BCUT2D eigenvalue weighted by Gasteiger charge is -2.35. The highest BCUT2D eigenvalue weighted by Crippen LogP contribution is 2.32. The zero-order valence-corrected chi connectivity index (χ0v) is 30.1. The second-order valence-corrected chi connectivity index (χ2v) is 15.5. The van der Waals surface area contributed by atoms with Crippen LogP contribution in [-0.2, 0) is 23.6 Å². The molecule has 4 bridgehead atoms. The maximum atomic E-state index is 14.5. The summed E-state index contributed by atoms with van der Waals surface area (Å²) in [5.41, 5.74) is 4.65. The number of amides is 1. The second-order valence-electron chi connectivity index (χ2n) is 13.8. The van der Waals surface area contributed by atoms with Gasteiger partial charge in [0.1, 0.15) is 6.61 Å². The molecule has 3 aromatic heterocycles. The van der Waals surface area contributed by atoms with Crippen LogP contribution in [0.3, 0.4) is 0 Å². The molecule has 50 heavy (non-hydrogen) atoms. The SMILES string of the molecule is Cc1cccc(C)c1-c1cc2nc(n1)NS(=O)(=O)c1cccc(c1)C(=O)N(Cc1cncc(N(C)c3cnn(C)c3)n1)[C@H](CC(C)(C)C)CO2. The number of carbonyl (C=O) groups is 1. The van der Waals surface area contributed by atoms with Crippen molar-refractivity contribution < 1.29 is 17.9 Å². The quantitative estimate of drug-likeness (QED) is 0.235. The number of ether oxygens (including phenoxy) is 1. The van der Waals surface area contributed by atoms with Crippen molar-refractivity contribution in [1.82, 2.24) is 34.6 Å². The van der Waals surface area contributed by atoms with E-state index in [1.54, 1.807) is 46.4 Å². The molecule has 0 fully saturated rings. The van der Waals surface area contributed by atoms with Gasteiger partial charge in [0.25, 0.3) is 15.9 Å². The zero-order chi connectivity index (χ0) is 35.8. The van der Waals surface area contributed by atoms with E-state index in [4.69, 9.17) is 9.72 Å². The second kappa shape index (κ2) is 13.5. The topological polar surface area (TPSA) is 148 Å². The fraction of sp³-hybridized carbons (Fsp3) is 0.333. The van der Waals surface area contributed by atoms with Crippen LogP contribution in [0.1, 0.15) is 54.4 Å². The van der Waals surface area contributed by atoms with Gasteiger partial charge in [0.2, 0.25) is 11.8 Å². The van der Waals surface area contributed by atoms with Crippen molar-refractivity contribution in [2.45, 2.75) is 58.5 Å². The maximum absolute atomic E-state index is 14.5. The Balaban J connectivity index is 1.46. The van der Waals surface area contributed by atoms with Crippen LogP contribution in [0.25, 0.3) is 11.3 Å². The van der Waals surface area contributed by atoms with Gasteiger partial charge in [-0.25, -0.2) is 23.1 Å². The molecule has 5 aromatic rings. The summed E-state index contributed by atoms with van der Waals surface area (Å²) in [4.78, 5) is 36.4. The average Bonchev–Trinajstić information content (AvgIpc) is 3.50. The molecule has 260 valence electrons. The smallest absolute Gasteiger partial charge is 0.264 e. The number of aryl methyl sites for hydroxylation is 3. The van der Waals surface area contributed by atoms with Gasteiger partial charge in [0.05, 0.1) is 53.1 Å². The van der Waals surface area contributed by atoms with Crippen LogP contribution in [0.5, 0.6) is 5.88 Å². The van der Waals surface area contributed by atoms with Crippen molar-refractivity contribution >= 4 is 33.4 Å². The van der Waals surface area contributed by atoms with Crippen LogP contribution in [0.15, 0.2) is 78.2 Å². The molecule has 4 heterocycles. The molecule has 2 aromatic carbocycles.